The van der Waals surface area contributed by atoms with Crippen LogP contribution in [0.5, 0.6) is 0 Å². The third kappa shape index (κ3) is 4.24. The van der Waals surface area contributed by atoms with Gasteiger partial charge >= 0.3 is 0 Å². The van der Waals surface area contributed by atoms with Crippen LogP contribution in [0.2, 0.25) is 0 Å². The number of hydrogen-bond donors (Lipinski definition) is 1. The van der Waals surface area contributed by atoms with E-state index in [1.54, 1.807) is 24.3 Å². The lowest BCUT2D eigenvalue weighted by molar-refractivity contribution is -0.128. The molecule has 1 N–H and O–H groups in total. The molecule has 0 aliphatic carbocycles. The Morgan fingerprint density at radius 2 is 1.96 bits per heavy atom. The summed E-state index contributed by atoms with van der Waals surface area (Å²) in [4.78, 5) is 13.9. The molecule has 25 heavy (non-hydrogen) atoms. The van der Waals surface area contributed by atoms with Crippen LogP contribution < -0.4 is 4.72 Å². The lowest BCUT2D eigenvalue weighted by Gasteiger charge is -2.17. The molecule has 7 heteroatoms. The van der Waals surface area contributed by atoms with Gasteiger partial charge in [0, 0.05) is 25.6 Å². The Labute approximate surface area is 146 Å². The van der Waals surface area contributed by atoms with Crippen molar-refractivity contribution in [3.8, 4) is 0 Å². The van der Waals surface area contributed by atoms with Gasteiger partial charge in [0.1, 0.15) is 5.82 Å². The van der Waals surface area contributed by atoms with Gasteiger partial charge in [0.25, 0.3) is 0 Å². The molecular formula is C18H19FN2O3S. The Morgan fingerprint density at radius 3 is 2.68 bits per heavy atom. The van der Waals surface area contributed by atoms with Gasteiger partial charge in [-0.15, -0.1) is 0 Å². The summed E-state index contributed by atoms with van der Waals surface area (Å²) in [5, 5.41) is 0. The predicted molar refractivity (Wildman–Crippen MR) is 91.7 cm³/mol. The van der Waals surface area contributed by atoms with E-state index in [2.05, 4.69) is 4.72 Å². The second-order valence-corrected chi connectivity index (χ2v) is 7.96. The maximum atomic E-state index is 13.3. The fourth-order valence-electron chi connectivity index (χ4n) is 2.93. The molecule has 0 spiro atoms. The Hall–Kier alpha value is -2.25. The molecule has 1 fully saturated rings. The zero-order valence-electron chi connectivity index (χ0n) is 13.8. The maximum absolute atomic E-state index is 13.3. The van der Waals surface area contributed by atoms with Crippen LogP contribution in [0.25, 0.3) is 0 Å². The molecule has 2 aromatic rings. The topological polar surface area (TPSA) is 66.5 Å². The van der Waals surface area contributed by atoms with Crippen LogP contribution in [0, 0.1) is 12.7 Å². The van der Waals surface area contributed by atoms with E-state index >= 15 is 0 Å². The number of halogens is 1. The first-order valence-electron chi connectivity index (χ1n) is 7.95. The molecule has 3 rings (SSSR count). The van der Waals surface area contributed by atoms with Gasteiger partial charge in [0.05, 0.1) is 4.90 Å². The van der Waals surface area contributed by atoms with E-state index in [0.29, 0.717) is 5.56 Å². The van der Waals surface area contributed by atoms with Crippen molar-refractivity contribution in [2.24, 2.45) is 0 Å². The van der Waals surface area contributed by atoms with Crippen LogP contribution >= 0.6 is 0 Å². The molecule has 1 saturated heterocycles. The average molecular weight is 362 g/mol. The maximum Gasteiger partial charge on any atom is 0.240 e. The number of hydrogen-bond acceptors (Lipinski definition) is 3. The fourth-order valence-corrected chi connectivity index (χ4v) is 4.26. The largest absolute Gasteiger partial charge is 0.337 e. The highest BCUT2D eigenvalue weighted by Gasteiger charge is 2.32. The summed E-state index contributed by atoms with van der Waals surface area (Å²) >= 11 is 0. The molecule has 1 amide bonds. The number of aryl methyl sites for hydroxylation is 1. The van der Waals surface area contributed by atoms with Gasteiger partial charge in [-0.25, -0.2) is 17.5 Å². The third-order valence-electron chi connectivity index (χ3n) is 4.10. The Balaban J connectivity index is 1.68. The van der Waals surface area contributed by atoms with Crippen LogP contribution in [0.1, 0.15) is 17.5 Å². The third-order valence-corrected chi connectivity index (χ3v) is 5.62. The summed E-state index contributed by atoms with van der Waals surface area (Å²) in [6.07, 6.45) is 0.0976. The number of benzene rings is 2. The van der Waals surface area contributed by atoms with Gasteiger partial charge in [0.15, 0.2) is 0 Å². The smallest absolute Gasteiger partial charge is 0.240 e. The van der Waals surface area contributed by atoms with Crippen molar-refractivity contribution in [2.45, 2.75) is 30.8 Å². The first-order chi connectivity index (χ1) is 11.8. The minimum Gasteiger partial charge on any atom is -0.337 e. The van der Waals surface area contributed by atoms with Crippen molar-refractivity contribution >= 4 is 15.9 Å². The molecule has 1 aliphatic heterocycles. The molecule has 2 aromatic carbocycles. The van der Waals surface area contributed by atoms with Crippen LogP contribution in [0.3, 0.4) is 0 Å². The molecule has 0 radical (unpaired) electrons. The minimum atomic E-state index is -3.68. The van der Waals surface area contributed by atoms with Gasteiger partial charge in [-0.1, -0.05) is 24.3 Å². The summed E-state index contributed by atoms with van der Waals surface area (Å²) in [6.45, 7) is 2.35. The molecule has 5 nitrogen and oxygen atoms in total. The van der Waals surface area contributed by atoms with E-state index in [1.807, 2.05) is 13.0 Å². The summed E-state index contributed by atoms with van der Waals surface area (Å²) in [7, 11) is -3.68. The van der Waals surface area contributed by atoms with E-state index in [1.165, 1.54) is 23.1 Å². The first kappa shape index (κ1) is 17.6. The predicted octanol–water partition coefficient (Wildman–Crippen LogP) is 2.21. The van der Waals surface area contributed by atoms with Gasteiger partial charge < -0.3 is 4.90 Å². The number of amides is 1. The molecular weight excluding hydrogens is 343 g/mol. The molecule has 0 bridgehead atoms. The van der Waals surface area contributed by atoms with Crippen LogP contribution in [-0.4, -0.2) is 31.8 Å². The Kier molecular flexibility index (Phi) is 4.87. The molecule has 1 heterocycles. The lowest BCUT2D eigenvalue weighted by atomic mass is 10.2. The highest BCUT2D eigenvalue weighted by atomic mass is 32.2. The highest BCUT2D eigenvalue weighted by molar-refractivity contribution is 7.89. The summed E-state index contributed by atoms with van der Waals surface area (Å²) in [6, 6.07) is 12.2. The van der Waals surface area contributed by atoms with Crippen LogP contribution in [-0.2, 0) is 21.4 Å². The van der Waals surface area contributed by atoms with E-state index in [9.17, 15) is 17.6 Å². The van der Waals surface area contributed by atoms with Gasteiger partial charge in [0.2, 0.25) is 15.9 Å². The molecule has 132 valence electrons. The standard InChI is InChI=1S/C18H19FN2O3S/c1-13-4-2-7-17(8-13)25(23,24)20-16-10-18(22)21(12-16)11-14-5-3-6-15(19)9-14/h2-9,16,20H,10-12H2,1H3. The normalized spacial score (nSPS) is 17.9. The molecule has 1 unspecified atom stereocenters. The second-order valence-electron chi connectivity index (χ2n) is 6.24. The van der Waals surface area contributed by atoms with E-state index < -0.39 is 16.1 Å². The molecule has 1 atom stereocenters. The molecule has 0 saturated carbocycles. The number of carbonyl (C=O) groups excluding carboxylic acids is 1. The summed E-state index contributed by atoms with van der Waals surface area (Å²) < 4.78 is 40.8. The highest BCUT2D eigenvalue weighted by Crippen LogP contribution is 2.18. The van der Waals surface area contributed by atoms with Crippen molar-refractivity contribution in [1.82, 2.24) is 9.62 Å². The second kappa shape index (κ2) is 6.93. The number of sulfonamides is 1. The van der Waals surface area contributed by atoms with Gasteiger partial charge in [-0.2, -0.15) is 0 Å². The monoisotopic (exact) mass is 362 g/mol. The van der Waals surface area contributed by atoms with Crippen LogP contribution in [0.15, 0.2) is 53.4 Å². The van der Waals surface area contributed by atoms with E-state index in [4.69, 9.17) is 0 Å². The fraction of sp³-hybridized carbons (Fsp3) is 0.278. The average Bonchev–Trinajstić information content (AvgIpc) is 2.86. The van der Waals surface area contributed by atoms with E-state index in [0.717, 1.165) is 5.56 Å². The van der Waals surface area contributed by atoms with Crippen molar-refractivity contribution in [3.63, 3.8) is 0 Å². The Bertz CT molecular complexity index is 899. The van der Waals surface area contributed by atoms with Crippen molar-refractivity contribution in [1.29, 1.82) is 0 Å². The first-order valence-corrected chi connectivity index (χ1v) is 9.43. The zero-order valence-corrected chi connectivity index (χ0v) is 14.6. The van der Waals surface area contributed by atoms with Gasteiger partial charge in [-0.3, -0.25) is 4.79 Å². The van der Waals surface area contributed by atoms with Crippen molar-refractivity contribution in [3.05, 3.63) is 65.5 Å². The number of carbonyl (C=O) groups is 1. The molecule has 1 aliphatic rings. The summed E-state index contributed by atoms with van der Waals surface area (Å²) in [5.41, 5.74) is 1.52. The molecule has 0 aromatic heterocycles. The number of nitrogens with one attached hydrogen (secondary N) is 1. The summed E-state index contributed by atoms with van der Waals surface area (Å²) in [5.74, 6) is -0.512. The quantitative estimate of drug-likeness (QED) is 0.887. The van der Waals surface area contributed by atoms with Gasteiger partial charge in [-0.05, 0) is 42.3 Å². The van der Waals surface area contributed by atoms with Crippen LogP contribution in [0.4, 0.5) is 4.39 Å². The van der Waals surface area contributed by atoms with Crippen molar-refractivity contribution in [2.75, 3.05) is 6.54 Å². The van der Waals surface area contributed by atoms with E-state index in [-0.39, 0.29) is 36.1 Å². The number of nitrogens with zero attached hydrogens (tertiary/aromatic N) is 1. The SMILES string of the molecule is Cc1cccc(S(=O)(=O)NC2CC(=O)N(Cc3cccc(F)c3)C2)c1. The lowest BCUT2D eigenvalue weighted by Crippen LogP contribution is -2.37. The Morgan fingerprint density at radius 1 is 1.20 bits per heavy atom. The number of rotatable bonds is 5. The number of likely N-dealkylation sites (tertiary alicyclic amines) is 1. The van der Waals surface area contributed by atoms with Crippen molar-refractivity contribution < 1.29 is 17.6 Å². The minimum absolute atomic E-state index is 0.0976. The zero-order chi connectivity index (χ0) is 18.0.